The number of halogens is 1. The van der Waals surface area contributed by atoms with Gasteiger partial charge in [-0.2, -0.15) is 5.26 Å². The average molecular weight is 282 g/mol. The molecule has 3 N–H and O–H groups in total. The van der Waals surface area contributed by atoms with Crippen LogP contribution in [0.3, 0.4) is 0 Å². The lowest BCUT2D eigenvalue weighted by Gasteiger charge is -2.22. The number of nitrogens with zero attached hydrogens (tertiary/aromatic N) is 1. The van der Waals surface area contributed by atoms with E-state index in [4.69, 9.17) is 11.0 Å². The van der Waals surface area contributed by atoms with Crippen molar-refractivity contribution < 1.29 is 0 Å². The van der Waals surface area contributed by atoms with Crippen molar-refractivity contribution in [2.24, 2.45) is 11.7 Å². The molecule has 16 heavy (non-hydrogen) atoms. The number of hydrogen-bond donors (Lipinski definition) is 2. The van der Waals surface area contributed by atoms with E-state index in [0.29, 0.717) is 18.0 Å². The van der Waals surface area contributed by atoms with Crippen LogP contribution in [0.1, 0.15) is 19.4 Å². The molecule has 0 aromatic heterocycles. The molecule has 0 saturated heterocycles. The third-order valence-corrected chi connectivity index (χ3v) is 2.99. The molecule has 1 aromatic rings. The molecule has 0 aliphatic heterocycles. The van der Waals surface area contributed by atoms with Crippen LogP contribution in [-0.2, 0) is 0 Å². The molecule has 0 bridgehead atoms. The van der Waals surface area contributed by atoms with E-state index < -0.39 is 0 Å². The van der Waals surface area contributed by atoms with Crippen molar-refractivity contribution >= 4 is 21.6 Å². The number of hydrogen-bond acceptors (Lipinski definition) is 3. The Bertz CT molecular complexity index is 396. The monoisotopic (exact) mass is 281 g/mol. The molecule has 1 unspecified atom stereocenters. The first-order valence-electron chi connectivity index (χ1n) is 5.24. The van der Waals surface area contributed by atoms with Gasteiger partial charge in [0.25, 0.3) is 0 Å². The van der Waals surface area contributed by atoms with Gasteiger partial charge in [-0.25, -0.2) is 0 Å². The minimum atomic E-state index is 0.182. The van der Waals surface area contributed by atoms with Gasteiger partial charge in [0.05, 0.1) is 11.3 Å². The van der Waals surface area contributed by atoms with E-state index in [1.807, 2.05) is 12.1 Å². The van der Waals surface area contributed by atoms with Crippen LogP contribution in [-0.4, -0.2) is 12.6 Å². The SMILES string of the molecule is CC(C)C(CN)Nc1cc(Br)ccc1C#N. The molecule has 1 atom stereocenters. The summed E-state index contributed by atoms with van der Waals surface area (Å²) in [7, 11) is 0. The summed E-state index contributed by atoms with van der Waals surface area (Å²) in [6.07, 6.45) is 0. The maximum atomic E-state index is 9.00. The minimum Gasteiger partial charge on any atom is -0.380 e. The highest BCUT2D eigenvalue weighted by Crippen LogP contribution is 2.22. The largest absolute Gasteiger partial charge is 0.380 e. The van der Waals surface area contributed by atoms with Crippen molar-refractivity contribution in [3.05, 3.63) is 28.2 Å². The minimum absolute atomic E-state index is 0.182. The fourth-order valence-corrected chi connectivity index (χ4v) is 1.79. The maximum absolute atomic E-state index is 9.00. The number of benzene rings is 1. The van der Waals surface area contributed by atoms with Crippen LogP contribution in [0, 0.1) is 17.2 Å². The highest BCUT2D eigenvalue weighted by Gasteiger charge is 2.13. The highest BCUT2D eigenvalue weighted by molar-refractivity contribution is 9.10. The van der Waals surface area contributed by atoms with Crippen molar-refractivity contribution in [3.8, 4) is 6.07 Å². The molecule has 4 heteroatoms. The smallest absolute Gasteiger partial charge is 0.101 e. The van der Waals surface area contributed by atoms with Crippen LogP contribution in [0.5, 0.6) is 0 Å². The van der Waals surface area contributed by atoms with Gasteiger partial charge in [-0.3, -0.25) is 0 Å². The third kappa shape index (κ3) is 3.22. The van der Waals surface area contributed by atoms with Crippen molar-refractivity contribution in [2.45, 2.75) is 19.9 Å². The van der Waals surface area contributed by atoms with E-state index in [9.17, 15) is 0 Å². The summed E-state index contributed by atoms with van der Waals surface area (Å²) in [5.41, 5.74) is 7.17. The van der Waals surface area contributed by atoms with E-state index in [1.54, 1.807) is 6.07 Å². The first-order chi connectivity index (χ1) is 7.58. The Hall–Kier alpha value is -1.05. The summed E-state index contributed by atoms with van der Waals surface area (Å²) in [6.45, 7) is 4.76. The summed E-state index contributed by atoms with van der Waals surface area (Å²) >= 11 is 3.39. The van der Waals surface area contributed by atoms with Crippen LogP contribution in [0.2, 0.25) is 0 Å². The van der Waals surface area contributed by atoms with Gasteiger partial charge in [0.1, 0.15) is 6.07 Å². The Kier molecular flexibility index (Phi) is 4.78. The second-order valence-electron chi connectivity index (χ2n) is 4.03. The van der Waals surface area contributed by atoms with Gasteiger partial charge in [-0.1, -0.05) is 29.8 Å². The quantitative estimate of drug-likeness (QED) is 0.892. The van der Waals surface area contributed by atoms with Crippen molar-refractivity contribution in [3.63, 3.8) is 0 Å². The third-order valence-electron chi connectivity index (χ3n) is 2.50. The van der Waals surface area contributed by atoms with Gasteiger partial charge in [0, 0.05) is 17.1 Å². The van der Waals surface area contributed by atoms with Crippen molar-refractivity contribution in [1.29, 1.82) is 5.26 Å². The number of nitrogens with one attached hydrogen (secondary N) is 1. The summed E-state index contributed by atoms with van der Waals surface area (Å²) in [6, 6.07) is 7.90. The Balaban J connectivity index is 2.95. The maximum Gasteiger partial charge on any atom is 0.101 e. The first kappa shape index (κ1) is 13.0. The lowest BCUT2D eigenvalue weighted by Crippen LogP contribution is -2.33. The van der Waals surface area contributed by atoms with E-state index in [0.717, 1.165) is 10.2 Å². The second-order valence-corrected chi connectivity index (χ2v) is 4.95. The standard InChI is InChI=1S/C12H16BrN3/c1-8(2)12(7-15)16-11-5-10(13)4-3-9(11)6-14/h3-5,8,12,16H,7,15H2,1-2H3. The molecule has 0 amide bonds. The number of anilines is 1. The van der Waals surface area contributed by atoms with Gasteiger partial charge >= 0.3 is 0 Å². The zero-order chi connectivity index (χ0) is 12.1. The molecule has 0 spiro atoms. The molecular formula is C12H16BrN3. The normalized spacial score (nSPS) is 12.2. The van der Waals surface area contributed by atoms with E-state index in [2.05, 4.69) is 41.2 Å². The molecule has 1 rings (SSSR count). The van der Waals surface area contributed by atoms with E-state index in [-0.39, 0.29) is 6.04 Å². The molecule has 0 fully saturated rings. The van der Waals surface area contributed by atoms with Crippen molar-refractivity contribution in [1.82, 2.24) is 0 Å². The zero-order valence-electron chi connectivity index (χ0n) is 9.50. The number of rotatable bonds is 4. The summed E-state index contributed by atoms with van der Waals surface area (Å²) < 4.78 is 0.952. The fourth-order valence-electron chi connectivity index (χ4n) is 1.43. The predicted octanol–water partition coefficient (Wildman–Crippen LogP) is 2.72. The fraction of sp³-hybridized carbons (Fsp3) is 0.417. The van der Waals surface area contributed by atoms with Crippen molar-refractivity contribution in [2.75, 3.05) is 11.9 Å². The molecule has 0 aliphatic rings. The molecule has 1 aromatic carbocycles. The summed E-state index contributed by atoms with van der Waals surface area (Å²) in [5.74, 6) is 0.426. The molecule has 0 aliphatic carbocycles. The molecule has 0 heterocycles. The Labute approximate surface area is 105 Å². The average Bonchev–Trinajstić information content (AvgIpc) is 2.25. The Morgan fingerprint density at radius 2 is 2.19 bits per heavy atom. The van der Waals surface area contributed by atoms with E-state index >= 15 is 0 Å². The molecule has 0 saturated carbocycles. The van der Waals surface area contributed by atoms with Gasteiger partial charge in [0.15, 0.2) is 0 Å². The van der Waals surface area contributed by atoms with Crippen LogP contribution in [0.4, 0.5) is 5.69 Å². The van der Waals surface area contributed by atoms with Gasteiger partial charge in [-0.15, -0.1) is 0 Å². The Morgan fingerprint density at radius 1 is 1.50 bits per heavy atom. The first-order valence-corrected chi connectivity index (χ1v) is 6.04. The van der Waals surface area contributed by atoms with Crippen LogP contribution < -0.4 is 11.1 Å². The molecule has 3 nitrogen and oxygen atoms in total. The summed E-state index contributed by atoms with van der Waals surface area (Å²) in [4.78, 5) is 0. The van der Waals surface area contributed by atoms with Crippen LogP contribution in [0.15, 0.2) is 22.7 Å². The van der Waals surface area contributed by atoms with Gasteiger partial charge in [0.2, 0.25) is 0 Å². The topological polar surface area (TPSA) is 61.8 Å². The lowest BCUT2D eigenvalue weighted by molar-refractivity contribution is 0.531. The number of nitrogens with two attached hydrogens (primary N) is 1. The molecule has 86 valence electrons. The predicted molar refractivity (Wildman–Crippen MR) is 70.2 cm³/mol. The summed E-state index contributed by atoms with van der Waals surface area (Å²) in [5, 5.41) is 12.3. The lowest BCUT2D eigenvalue weighted by atomic mass is 10.0. The zero-order valence-corrected chi connectivity index (χ0v) is 11.1. The Morgan fingerprint density at radius 3 is 2.69 bits per heavy atom. The van der Waals surface area contributed by atoms with Gasteiger partial charge in [-0.05, 0) is 24.1 Å². The molecular weight excluding hydrogens is 266 g/mol. The van der Waals surface area contributed by atoms with Crippen LogP contribution in [0.25, 0.3) is 0 Å². The second kappa shape index (κ2) is 5.88. The number of nitriles is 1. The highest BCUT2D eigenvalue weighted by atomic mass is 79.9. The molecule has 0 radical (unpaired) electrons. The van der Waals surface area contributed by atoms with Crippen LogP contribution >= 0.6 is 15.9 Å². The van der Waals surface area contributed by atoms with Gasteiger partial charge < -0.3 is 11.1 Å². The van der Waals surface area contributed by atoms with E-state index in [1.165, 1.54) is 0 Å².